The molecule has 47 heavy (non-hydrogen) atoms. The summed E-state index contributed by atoms with van der Waals surface area (Å²) in [5.41, 5.74) is 0. The third-order valence-electron chi connectivity index (χ3n) is 8.97. The number of carbonyl (C=O) groups is 3. The van der Waals surface area contributed by atoms with Crippen LogP contribution in [0.4, 0.5) is 0 Å². The summed E-state index contributed by atoms with van der Waals surface area (Å²) in [5.74, 6) is 0.716. The van der Waals surface area contributed by atoms with E-state index in [0.29, 0.717) is 19.3 Å². The minimum Gasteiger partial charge on any atom is -0.462 e. The molecule has 0 heterocycles. The first kappa shape index (κ1) is 45.4. The first-order valence-electron chi connectivity index (χ1n) is 20.2. The zero-order valence-corrected chi connectivity index (χ0v) is 31.9. The predicted octanol–water partition coefficient (Wildman–Crippen LogP) is 12.2. The highest BCUT2D eigenvalue weighted by Gasteiger charge is 2.19. The summed E-state index contributed by atoms with van der Waals surface area (Å²) in [7, 11) is 0. The van der Waals surface area contributed by atoms with Gasteiger partial charge in [0.25, 0.3) is 0 Å². The molecular weight excluding hydrogens is 588 g/mol. The minimum atomic E-state index is -0.758. The van der Waals surface area contributed by atoms with Crippen LogP contribution in [0.1, 0.15) is 214 Å². The lowest BCUT2D eigenvalue weighted by molar-refractivity contribution is -0.167. The molecule has 278 valence electrons. The van der Waals surface area contributed by atoms with Crippen LogP contribution >= 0.6 is 0 Å². The molecule has 0 radical (unpaired) electrons. The Balaban J connectivity index is 4.33. The van der Waals surface area contributed by atoms with Gasteiger partial charge in [-0.3, -0.25) is 14.4 Å². The summed E-state index contributed by atoms with van der Waals surface area (Å²) in [6.45, 7) is 11.2. The molecule has 6 nitrogen and oxygen atoms in total. The molecule has 0 aromatic heterocycles. The molecule has 0 saturated heterocycles. The lowest BCUT2D eigenvalue weighted by Gasteiger charge is -2.18. The van der Waals surface area contributed by atoms with E-state index >= 15 is 0 Å². The lowest BCUT2D eigenvalue weighted by atomic mass is 10.0. The average Bonchev–Trinajstić information content (AvgIpc) is 3.03. The van der Waals surface area contributed by atoms with E-state index in [1.807, 2.05) is 0 Å². The highest BCUT2D eigenvalue weighted by atomic mass is 16.6. The highest BCUT2D eigenvalue weighted by molar-refractivity contribution is 5.71. The fourth-order valence-corrected chi connectivity index (χ4v) is 5.87. The van der Waals surface area contributed by atoms with Crippen molar-refractivity contribution < 1.29 is 28.6 Å². The Morgan fingerprint density at radius 2 is 0.702 bits per heavy atom. The van der Waals surface area contributed by atoms with Crippen molar-refractivity contribution in [1.29, 1.82) is 0 Å². The number of esters is 3. The maximum Gasteiger partial charge on any atom is 0.306 e. The molecule has 0 saturated carbocycles. The third kappa shape index (κ3) is 35.5. The Morgan fingerprint density at radius 1 is 0.404 bits per heavy atom. The number of ether oxygens (including phenoxy) is 3. The summed E-state index contributed by atoms with van der Waals surface area (Å²) in [6, 6.07) is 0. The molecule has 1 atom stereocenters. The van der Waals surface area contributed by atoms with Gasteiger partial charge in [0.1, 0.15) is 13.2 Å². The Kier molecular flexibility index (Phi) is 33.1. The Morgan fingerprint density at radius 3 is 1.04 bits per heavy atom. The van der Waals surface area contributed by atoms with Gasteiger partial charge in [0.15, 0.2) is 6.10 Å². The van der Waals surface area contributed by atoms with Crippen LogP contribution in [0.5, 0.6) is 0 Å². The van der Waals surface area contributed by atoms with Crippen LogP contribution in [-0.2, 0) is 28.6 Å². The highest BCUT2D eigenvalue weighted by Crippen LogP contribution is 2.15. The molecule has 0 N–H and O–H groups in total. The number of hydrogen-bond acceptors (Lipinski definition) is 6. The van der Waals surface area contributed by atoms with E-state index in [-0.39, 0.29) is 31.1 Å². The van der Waals surface area contributed by atoms with Crippen molar-refractivity contribution in [1.82, 2.24) is 0 Å². The molecule has 0 aromatic rings. The monoisotopic (exact) mass is 667 g/mol. The van der Waals surface area contributed by atoms with Gasteiger partial charge in [0.2, 0.25) is 0 Å². The maximum atomic E-state index is 12.6. The number of carbonyl (C=O) groups excluding carboxylic acids is 3. The van der Waals surface area contributed by atoms with Gasteiger partial charge in [-0.1, -0.05) is 176 Å². The Hall–Kier alpha value is -1.59. The van der Waals surface area contributed by atoms with Crippen molar-refractivity contribution in [2.75, 3.05) is 13.2 Å². The molecule has 0 rings (SSSR count). The van der Waals surface area contributed by atoms with E-state index in [9.17, 15) is 14.4 Å². The minimum absolute atomic E-state index is 0.0670. The second-order valence-electron chi connectivity index (χ2n) is 14.9. The summed E-state index contributed by atoms with van der Waals surface area (Å²) in [4.78, 5) is 37.4. The molecule has 0 aliphatic rings. The summed E-state index contributed by atoms with van der Waals surface area (Å²) in [6.07, 6.45) is 29.6. The van der Waals surface area contributed by atoms with Crippen LogP contribution in [0.2, 0.25) is 0 Å². The van der Waals surface area contributed by atoms with Crippen LogP contribution in [0.3, 0.4) is 0 Å². The van der Waals surface area contributed by atoms with Gasteiger partial charge >= 0.3 is 17.9 Å². The summed E-state index contributed by atoms with van der Waals surface area (Å²) < 4.78 is 16.6. The van der Waals surface area contributed by atoms with Crippen molar-refractivity contribution in [3.63, 3.8) is 0 Å². The standard InChI is InChI=1S/C41H78O6/c1-6-7-8-9-14-21-26-31-39(42)45-34-38(47-41(44)33-28-23-18-13-11-16-20-25-30-37(4)5)35-46-40(43)32-27-22-17-12-10-15-19-24-29-36(2)3/h36-38H,6-35H2,1-5H3/t38-/m1/s1. The SMILES string of the molecule is CCCCCCCCCC(=O)OC[C@H](COC(=O)CCCCCCCCCCC(C)C)OC(=O)CCCCCCCCCCC(C)C. The van der Waals surface area contributed by atoms with E-state index < -0.39 is 6.10 Å². The Bertz CT molecular complexity index is 719. The molecular formula is C41H78O6. The lowest BCUT2D eigenvalue weighted by Crippen LogP contribution is -2.30. The molecule has 6 heteroatoms. The molecule has 0 amide bonds. The fourth-order valence-electron chi connectivity index (χ4n) is 5.87. The number of unbranched alkanes of at least 4 members (excludes halogenated alkanes) is 20. The fraction of sp³-hybridized carbons (Fsp3) is 0.927. The smallest absolute Gasteiger partial charge is 0.306 e. The van der Waals surface area contributed by atoms with Crippen LogP contribution < -0.4 is 0 Å². The van der Waals surface area contributed by atoms with Crippen LogP contribution in [0, 0.1) is 11.8 Å². The van der Waals surface area contributed by atoms with Crippen molar-refractivity contribution in [2.24, 2.45) is 11.8 Å². The van der Waals surface area contributed by atoms with Gasteiger partial charge in [-0.05, 0) is 31.1 Å². The molecule has 0 aliphatic carbocycles. The predicted molar refractivity (Wildman–Crippen MR) is 196 cm³/mol. The van der Waals surface area contributed by atoms with Gasteiger partial charge < -0.3 is 14.2 Å². The molecule has 0 unspecified atom stereocenters. The molecule has 0 fully saturated rings. The summed E-state index contributed by atoms with van der Waals surface area (Å²) in [5, 5.41) is 0. The maximum absolute atomic E-state index is 12.6. The van der Waals surface area contributed by atoms with Crippen molar-refractivity contribution in [3.8, 4) is 0 Å². The summed E-state index contributed by atoms with van der Waals surface area (Å²) >= 11 is 0. The molecule has 0 bridgehead atoms. The van der Waals surface area contributed by atoms with Gasteiger partial charge in [-0.2, -0.15) is 0 Å². The van der Waals surface area contributed by atoms with Crippen LogP contribution in [0.25, 0.3) is 0 Å². The van der Waals surface area contributed by atoms with E-state index in [0.717, 1.165) is 69.6 Å². The molecule has 0 aliphatic heterocycles. The van der Waals surface area contributed by atoms with Gasteiger partial charge in [0, 0.05) is 19.3 Å². The second kappa shape index (κ2) is 34.3. The number of hydrogen-bond donors (Lipinski definition) is 0. The second-order valence-corrected chi connectivity index (χ2v) is 14.9. The van der Waals surface area contributed by atoms with E-state index in [1.165, 1.54) is 103 Å². The van der Waals surface area contributed by atoms with Crippen LogP contribution in [-0.4, -0.2) is 37.2 Å². The van der Waals surface area contributed by atoms with E-state index in [1.54, 1.807) is 0 Å². The number of rotatable bonds is 35. The zero-order chi connectivity index (χ0) is 34.8. The van der Waals surface area contributed by atoms with Crippen molar-refractivity contribution >= 4 is 17.9 Å². The van der Waals surface area contributed by atoms with E-state index in [4.69, 9.17) is 14.2 Å². The first-order chi connectivity index (χ1) is 22.7. The van der Waals surface area contributed by atoms with Gasteiger partial charge in [-0.25, -0.2) is 0 Å². The van der Waals surface area contributed by atoms with Gasteiger partial charge in [0.05, 0.1) is 0 Å². The average molecular weight is 667 g/mol. The van der Waals surface area contributed by atoms with Crippen molar-refractivity contribution in [2.45, 2.75) is 221 Å². The zero-order valence-electron chi connectivity index (χ0n) is 31.9. The largest absolute Gasteiger partial charge is 0.462 e. The van der Waals surface area contributed by atoms with E-state index in [2.05, 4.69) is 34.6 Å². The van der Waals surface area contributed by atoms with Crippen molar-refractivity contribution in [3.05, 3.63) is 0 Å². The Labute approximate surface area is 291 Å². The van der Waals surface area contributed by atoms with Crippen LogP contribution in [0.15, 0.2) is 0 Å². The molecule has 0 aromatic carbocycles. The normalized spacial score (nSPS) is 12.1. The third-order valence-corrected chi connectivity index (χ3v) is 8.97. The molecule has 0 spiro atoms. The van der Waals surface area contributed by atoms with Gasteiger partial charge in [-0.15, -0.1) is 0 Å². The topological polar surface area (TPSA) is 78.9 Å². The quantitative estimate of drug-likeness (QED) is 0.0380. The first-order valence-corrected chi connectivity index (χ1v) is 20.2.